The first-order chi connectivity index (χ1) is 8.92. The van der Waals surface area contributed by atoms with Gasteiger partial charge in [-0.05, 0) is 68.3 Å². The van der Waals surface area contributed by atoms with Crippen molar-refractivity contribution in [2.24, 2.45) is 23.7 Å². The molecule has 2 bridgehead atoms. The monoisotopic (exact) mass is 247 g/mol. The lowest BCUT2D eigenvalue weighted by Gasteiger charge is -2.33. The first kappa shape index (κ1) is 11.3. The number of nitrogens with one attached hydrogen (secondary N) is 1. The summed E-state index contributed by atoms with van der Waals surface area (Å²) in [5, 5.41) is 3.84. The van der Waals surface area contributed by atoms with Crippen molar-refractivity contribution in [3.8, 4) is 0 Å². The number of fused-ring (bicyclic) bond motifs is 5. The SMILES string of the molecule is C1=COC(CNC2CC3CC2C2CCCC32)CC1. The molecule has 2 heteroatoms. The molecule has 3 fully saturated rings. The molecule has 1 heterocycles. The Kier molecular flexibility index (Phi) is 2.87. The second-order valence-corrected chi connectivity index (χ2v) is 6.88. The van der Waals surface area contributed by atoms with Gasteiger partial charge in [-0.2, -0.15) is 0 Å². The lowest BCUT2D eigenvalue weighted by molar-refractivity contribution is 0.110. The third-order valence-electron chi connectivity index (χ3n) is 6.06. The van der Waals surface area contributed by atoms with Crippen LogP contribution in [-0.2, 0) is 4.74 Å². The second kappa shape index (κ2) is 4.56. The molecule has 0 amide bonds. The zero-order valence-corrected chi connectivity index (χ0v) is 11.2. The molecular weight excluding hydrogens is 222 g/mol. The molecule has 0 spiro atoms. The Labute approximate surface area is 110 Å². The first-order valence-corrected chi connectivity index (χ1v) is 7.95. The zero-order chi connectivity index (χ0) is 11.9. The van der Waals surface area contributed by atoms with E-state index in [2.05, 4.69) is 11.4 Å². The van der Waals surface area contributed by atoms with Crippen molar-refractivity contribution < 1.29 is 4.74 Å². The largest absolute Gasteiger partial charge is 0.497 e. The normalized spacial score (nSPS) is 49.3. The van der Waals surface area contributed by atoms with E-state index in [0.717, 1.165) is 36.3 Å². The fourth-order valence-corrected chi connectivity index (χ4v) is 5.32. The van der Waals surface area contributed by atoms with Crippen molar-refractivity contribution in [2.75, 3.05) is 6.54 Å². The van der Waals surface area contributed by atoms with Crippen molar-refractivity contribution in [3.63, 3.8) is 0 Å². The minimum absolute atomic E-state index is 0.425. The molecule has 6 unspecified atom stereocenters. The van der Waals surface area contributed by atoms with Crippen LogP contribution < -0.4 is 5.32 Å². The Morgan fingerprint density at radius 2 is 2.00 bits per heavy atom. The minimum atomic E-state index is 0.425. The summed E-state index contributed by atoms with van der Waals surface area (Å²) in [7, 11) is 0. The molecule has 100 valence electrons. The minimum Gasteiger partial charge on any atom is -0.497 e. The van der Waals surface area contributed by atoms with Crippen LogP contribution in [0.5, 0.6) is 0 Å². The van der Waals surface area contributed by atoms with Gasteiger partial charge < -0.3 is 10.1 Å². The van der Waals surface area contributed by atoms with Crippen LogP contribution in [0.3, 0.4) is 0 Å². The van der Waals surface area contributed by atoms with Gasteiger partial charge in [0, 0.05) is 12.6 Å². The molecule has 6 atom stereocenters. The maximum absolute atomic E-state index is 5.66. The van der Waals surface area contributed by atoms with Crippen molar-refractivity contribution >= 4 is 0 Å². The predicted molar refractivity (Wildman–Crippen MR) is 72.1 cm³/mol. The van der Waals surface area contributed by atoms with Gasteiger partial charge in [0.2, 0.25) is 0 Å². The van der Waals surface area contributed by atoms with E-state index in [9.17, 15) is 0 Å². The lowest BCUT2D eigenvalue weighted by atomic mass is 9.79. The molecule has 3 saturated carbocycles. The number of ether oxygens (including phenoxy) is 1. The van der Waals surface area contributed by atoms with E-state index in [1.807, 2.05) is 6.26 Å². The third kappa shape index (κ3) is 1.80. The molecule has 4 rings (SSSR count). The van der Waals surface area contributed by atoms with Crippen molar-refractivity contribution in [1.82, 2.24) is 5.32 Å². The molecule has 2 nitrogen and oxygen atoms in total. The summed E-state index contributed by atoms with van der Waals surface area (Å²) in [6, 6.07) is 0.809. The van der Waals surface area contributed by atoms with Crippen molar-refractivity contribution in [1.29, 1.82) is 0 Å². The van der Waals surface area contributed by atoms with Gasteiger partial charge in [-0.15, -0.1) is 0 Å². The summed E-state index contributed by atoms with van der Waals surface area (Å²) in [6.07, 6.45) is 14.4. The number of hydrogen-bond donors (Lipinski definition) is 1. The van der Waals surface area contributed by atoms with Gasteiger partial charge in [0.1, 0.15) is 6.10 Å². The Bertz CT molecular complexity index is 340. The highest BCUT2D eigenvalue weighted by molar-refractivity contribution is 5.05. The van der Waals surface area contributed by atoms with Gasteiger partial charge in [-0.3, -0.25) is 0 Å². The summed E-state index contributed by atoms with van der Waals surface area (Å²) in [4.78, 5) is 0. The van der Waals surface area contributed by atoms with Crippen LogP contribution in [0.4, 0.5) is 0 Å². The van der Waals surface area contributed by atoms with Crippen LogP contribution >= 0.6 is 0 Å². The van der Waals surface area contributed by atoms with Crippen LogP contribution in [0.15, 0.2) is 12.3 Å². The summed E-state index contributed by atoms with van der Waals surface area (Å²) in [5.74, 6) is 4.25. The highest BCUT2D eigenvalue weighted by atomic mass is 16.5. The summed E-state index contributed by atoms with van der Waals surface area (Å²) < 4.78 is 5.66. The third-order valence-corrected chi connectivity index (χ3v) is 6.06. The van der Waals surface area contributed by atoms with E-state index in [1.54, 1.807) is 0 Å². The van der Waals surface area contributed by atoms with E-state index < -0.39 is 0 Å². The number of hydrogen-bond acceptors (Lipinski definition) is 2. The first-order valence-electron chi connectivity index (χ1n) is 7.95. The second-order valence-electron chi connectivity index (χ2n) is 6.88. The topological polar surface area (TPSA) is 21.3 Å². The smallest absolute Gasteiger partial charge is 0.110 e. The van der Waals surface area contributed by atoms with Gasteiger partial charge in [-0.1, -0.05) is 6.42 Å². The molecule has 0 aromatic rings. The summed E-state index contributed by atoms with van der Waals surface area (Å²) in [6.45, 7) is 1.07. The van der Waals surface area contributed by atoms with Crippen molar-refractivity contribution in [2.45, 2.75) is 57.1 Å². The quantitative estimate of drug-likeness (QED) is 0.827. The highest BCUT2D eigenvalue weighted by Gasteiger charge is 2.53. The maximum Gasteiger partial charge on any atom is 0.110 e. The van der Waals surface area contributed by atoms with E-state index in [0.29, 0.717) is 6.10 Å². The molecule has 0 radical (unpaired) electrons. The molecule has 1 aliphatic heterocycles. The van der Waals surface area contributed by atoms with Gasteiger partial charge in [-0.25, -0.2) is 0 Å². The fourth-order valence-electron chi connectivity index (χ4n) is 5.32. The summed E-state index contributed by atoms with van der Waals surface area (Å²) in [5.41, 5.74) is 0. The zero-order valence-electron chi connectivity index (χ0n) is 11.2. The Balaban J connectivity index is 1.33. The van der Waals surface area contributed by atoms with E-state index in [4.69, 9.17) is 4.74 Å². The van der Waals surface area contributed by atoms with E-state index in [-0.39, 0.29) is 0 Å². The van der Waals surface area contributed by atoms with Gasteiger partial charge >= 0.3 is 0 Å². The molecule has 0 aromatic heterocycles. The van der Waals surface area contributed by atoms with Gasteiger partial charge in [0.05, 0.1) is 6.26 Å². The van der Waals surface area contributed by atoms with Gasteiger partial charge in [0.15, 0.2) is 0 Å². The fraction of sp³-hybridized carbons (Fsp3) is 0.875. The predicted octanol–water partition coefficient (Wildman–Crippen LogP) is 3.09. The van der Waals surface area contributed by atoms with Crippen LogP contribution in [0.1, 0.15) is 44.9 Å². The maximum atomic E-state index is 5.66. The number of allylic oxidation sites excluding steroid dienone is 1. The average Bonchev–Trinajstić information content (AvgIpc) is 3.09. The van der Waals surface area contributed by atoms with Gasteiger partial charge in [0.25, 0.3) is 0 Å². The van der Waals surface area contributed by atoms with Crippen LogP contribution in [0, 0.1) is 23.7 Å². The van der Waals surface area contributed by atoms with E-state index in [1.165, 1.54) is 44.9 Å². The highest BCUT2D eigenvalue weighted by Crippen LogP contribution is 2.58. The average molecular weight is 247 g/mol. The van der Waals surface area contributed by atoms with Crippen LogP contribution in [0.25, 0.3) is 0 Å². The molecule has 0 saturated heterocycles. The number of rotatable bonds is 3. The Hall–Kier alpha value is -0.500. The van der Waals surface area contributed by atoms with Crippen LogP contribution in [0.2, 0.25) is 0 Å². The molecule has 1 N–H and O–H groups in total. The van der Waals surface area contributed by atoms with E-state index >= 15 is 0 Å². The standard InChI is InChI=1S/C16H25NO/c1-2-7-18-12(4-1)10-17-16-9-11-8-15(16)14-6-3-5-13(11)14/h2,7,11-17H,1,3-6,8-10H2. The Morgan fingerprint density at radius 1 is 1.06 bits per heavy atom. The molecular formula is C16H25NO. The van der Waals surface area contributed by atoms with Crippen LogP contribution in [-0.4, -0.2) is 18.7 Å². The summed E-state index contributed by atoms with van der Waals surface area (Å²) >= 11 is 0. The molecule has 18 heavy (non-hydrogen) atoms. The molecule has 4 aliphatic rings. The molecule has 0 aromatic carbocycles. The van der Waals surface area contributed by atoms with Crippen molar-refractivity contribution in [3.05, 3.63) is 12.3 Å². The lowest BCUT2D eigenvalue weighted by Crippen LogP contribution is -2.43. The molecule has 3 aliphatic carbocycles. The Morgan fingerprint density at radius 3 is 2.89 bits per heavy atom.